The van der Waals surface area contributed by atoms with E-state index in [4.69, 9.17) is 4.74 Å². The van der Waals surface area contributed by atoms with Crippen LogP contribution in [0.1, 0.15) is 20.7 Å². The molecule has 4 rings (SSSR count). The third-order valence-electron chi connectivity index (χ3n) is 4.51. The Labute approximate surface area is 178 Å². The minimum Gasteiger partial charge on any atom is -0.495 e. The molecule has 0 spiro atoms. The van der Waals surface area contributed by atoms with Crippen LogP contribution in [0.2, 0.25) is 0 Å². The lowest BCUT2D eigenvalue weighted by molar-refractivity contribution is 0.101. The molecule has 2 amide bonds. The molecule has 2 aromatic heterocycles. The number of para-hydroxylation sites is 2. The molecule has 0 unspecified atom stereocenters. The number of rotatable bonds is 6. The van der Waals surface area contributed by atoms with E-state index in [-0.39, 0.29) is 11.8 Å². The molecule has 0 saturated carbocycles. The second kappa shape index (κ2) is 8.91. The fraction of sp³-hybridized carbons (Fsp3) is 0.0435. The number of amides is 2. The molecular formula is C23H19N5O3. The highest BCUT2D eigenvalue weighted by Gasteiger charge is 2.11. The van der Waals surface area contributed by atoms with Gasteiger partial charge in [0.25, 0.3) is 11.8 Å². The van der Waals surface area contributed by atoms with E-state index in [2.05, 4.69) is 20.7 Å². The first-order valence-corrected chi connectivity index (χ1v) is 9.46. The van der Waals surface area contributed by atoms with E-state index in [1.807, 2.05) is 12.1 Å². The summed E-state index contributed by atoms with van der Waals surface area (Å²) in [5, 5.41) is 9.71. The number of anilines is 2. The molecule has 0 atom stereocenters. The van der Waals surface area contributed by atoms with E-state index in [1.165, 1.54) is 6.20 Å². The third-order valence-corrected chi connectivity index (χ3v) is 4.51. The van der Waals surface area contributed by atoms with Gasteiger partial charge in [0.2, 0.25) is 0 Å². The second-order valence-electron chi connectivity index (χ2n) is 6.54. The summed E-state index contributed by atoms with van der Waals surface area (Å²) < 4.78 is 6.85. The fourth-order valence-corrected chi connectivity index (χ4v) is 2.91. The van der Waals surface area contributed by atoms with Crippen molar-refractivity contribution in [2.24, 2.45) is 0 Å². The first-order valence-electron chi connectivity index (χ1n) is 9.46. The lowest BCUT2D eigenvalue weighted by Crippen LogP contribution is -2.14. The van der Waals surface area contributed by atoms with Crippen LogP contribution in [0.4, 0.5) is 11.4 Å². The van der Waals surface area contributed by atoms with Gasteiger partial charge in [0, 0.05) is 29.8 Å². The summed E-state index contributed by atoms with van der Waals surface area (Å²) in [6.07, 6.45) is 4.91. The molecule has 0 aliphatic carbocycles. The van der Waals surface area contributed by atoms with Crippen LogP contribution in [-0.2, 0) is 0 Å². The monoisotopic (exact) mass is 413 g/mol. The van der Waals surface area contributed by atoms with Crippen molar-refractivity contribution >= 4 is 23.2 Å². The molecule has 0 aliphatic rings. The van der Waals surface area contributed by atoms with Crippen LogP contribution in [0.15, 0.2) is 85.3 Å². The van der Waals surface area contributed by atoms with Crippen molar-refractivity contribution in [1.82, 2.24) is 14.8 Å². The number of nitrogens with zero attached hydrogens (tertiary/aromatic N) is 3. The quantitative estimate of drug-likeness (QED) is 0.501. The average molecular weight is 413 g/mol. The maximum atomic E-state index is 12.5. The van der Waals surface area contributed by atoms with Crippen LogP contribution < -0.4 is 15.4 Å². The Balaban J connectivity index is 1.40. The zero-order chi connectivity index (χ0) is 21.6. The van der Waals surface area contributed by atoms with E-state index in [0.717, 1.165) is 0 Å². The van der Waals surface area contributed by atoms with Crippen LogP contribution in [-0.4, -0.2) is 33.7 Å². The molecular weight excluding hydrogens is 394 g/mol. The Morgan fingerprint density at radius 3 is 2.29 bits per heavy atom. The minimum atomic E-state index is -0.300. The van der Waals surface area contributed by atoms with Gasteiger partial charge in [-0.1, -0.05) is 12.1 Å². The van der Waals surface area contributed by atoms with Crippen LogP contribution in [0, 0.1) is 0 Å². The van der Waals surface area contributed by atoms with E-state index >= 15 is 0 Å². The second-order valence-corrected chi connectivity index (χ2v) is 6.54. The molecule has 0 saturated heterocycles. The lowest BCUT2D eigenvalue weighted by Gasteiger charge is -2.10. The predicted molar refractivity (Wildman–Crippen MR) is 117 cm³/mol. The molecule has 31 heavy (non-hydrogen) atoms. The summed E-state index contributed by atoms with van der Waals surface area (Å²) in [4.78, 5) is 29.2. The number of aromatic nitrogens is 3. The van der Waals surface area contributed by atoms with Crippen molar-refractivity contribution in [2.45, 2.75) is 0 Å². The van der Waals surface area contributed by atoms with Crippen molar-refractivity contribution in [1.29, 1.82) is 0 Å². The van der Waals surface area contributed by atoms with Gasteiger partial charge in [-0.05, 0) is 54.6 Å². The zero-order valence-corrected chi connectivity index (χ0v) is 16.6. The van der Waals surface area contributed by atoms with E-state index < -0.39 is 0 Å². The van der Waals surface area contributed by atoms with Gasteiger partial charge >= 0.3 is 0 Å². The summed E-state index contributed by atoms with van der Waals surface area (Å²) in [5.41, 5.74) is 2.01. The highest BCUT2D eigenvalue weighted by Crippen LogP contribution is 2.24. The predicted octanol–water partition coefficient (Wildman–Crippen LogP) is 3.78. The maximum absolute atomic E-state index is 12.5. The van der Waals surface area contributed by atoms with E-state index in [1.54, 1.807) is 78.8 Å². The molecule has 8 nitrogen and oxygen atoms in total. The molecule has 154 valence electrons. The minimum absolute atomic E-state index is 0.277. The number of pyridine rings is 1. The third kappa shape index (κ3) is 4.59. The van der Waals surface area contributed by atoms with Gasteiger partial charge in [0.1, 0.15) is 5.75 Å². The number of carbonyl (C=O) groups excluding carboxylic acids is 2. The first-order chi connectivity index (χ1) is 15.1. The molecule has 0 fully saturated rings. The van der Waals surface area contributed by atoms with Crippen molar-refractivity contribution in [3.8, 4) is 11.6 Å². The Bertz CT molecular complexity index is 1190. The Kier molecular flexibility index (Phi) is 5.70. The normalized spacial score (nSPS) is 10.4. The number of carbonyl (C=O) groups is 2. The zero-order valence-electron chi connectivity index (χ0n) is 16.6. The molecule has 2 aromatic carbocycles. The van der Waals surface area contributed by atoms with Gasteiger partial charge in [-0.3, -0.25) is 9.59 Å². The van der Waals surface area contributed by atoms with E-state index in [0.29, 0.717) is 34.1 Å². The number of benzene rings is 2. The van der Waals surface area contributed by atoms with Crippen LogP contribution >= 0.6 is 0 Å². The van der Waals surface area contributed by atoms with Crippen molar-refractivity contribution in [3.63, 3.8) is 0 Å². The molecule has 4 aromatic rings. The van der Waals surface area contributed by atoms with Gasteiger partial charge in [-0.15, -0.1) is 0 Å². The SMILES string of the molecule is COc1ccccc1NC(=O)c1ccc(NC(=O)c2ccc(-n3cccn3)nc2)cc1. The molecule has 0 bridgehead atoms. The summed E-state index contributed by atoms with van der Waals surface area (Å²) >= 11 is 0. The molecule has 2 heterocycles. The van der Waals surface area contributed by atoms with Gasteiger partial charge in [0.05, 0.1) is 18.4 Å². The highest BCUT2D eigenvalue weighted by atomic mass is 16.5. The smallest absolute Gasteiger partial charge is 0.257 e. The first kappa shape index (κ1) is 19.8. The van der Waals surface area contributed by atoms with E-state index in [9.17, 15) is 9.59 Å². The van der Waals surface area contributed by atoms with Crippen molar-refractivity contribution in [3.05, 3.63) is 96.4 Å². The average Bonchev–Trinajstić information content (AvgIpc) is 3.35. The number of hydrogen-bond donors (Lipinski definition) is 2. The summed E-state index contributed by atoms with van der Waals surface area (Å²) in [6, 6.07) is 19.0. The van der Waals surface area contributed by atoms with Crippen LogP contribution in [0.25, 0.3) is 5.82 Å². The maximum Gasteiger partial charge on any atom is 0.257 e. The number of methoxy groups -OCH3 is 1. The number of ether oxygens (including phenoxy) is 1. The standard InChI is InChI=1S/C23H19N5O3/c1-31-20-6-3-2-5-19(20)27-22(29)16-7-10-18(11-8-16)26-23(30)17-9-12-21(24-15-17)28-14-4-13-25-28/h2-15H,1H3,(H,26,30)(H,27,29). The molecule has 0 radical (unpaired) electrons. The lowest BCUT2D eigenvalue weighted by atomic mass is 10.1. The summed E-state index contributed by atoms with van der Waals surface area (Å²) in [7, 11) is 1.54. The Morgan fingerprint density at radius 2 is 1.61 bits per heavy atom. The van der Waals surface area contributed by atoms with Crippen LogP contribution in [0.3, 0.4) is 0 Å². The molecule has 0 aliphatic heterocycles. The van der Waals surface area contributed by atoms with Gasteiger partial charge < -0.3 is 15.4 Å². The topological polar surface area (TPSA) is 98.1 Å². The van der Waals surface area contributed by atoms with Crippen molar-refractivity contribution < 1.29 is 14.3 Å². The van der Waals surface area contributed by atoms with Gasteiger partial charge in [0.15, 0.2) is 5.82 Å². The summed E-state index contributed by atoms with van der Waals surface area (Å²) in [5.74, 6) is 0.616. The number of hydrogen-bond acceptors (Lipinski definition) is 5. The Morgan fingerprint density at radius 1 is 0.871 bits per heavy atom. The Hall–Kier alpha value is -4.46. The largest absolute Gasteiger partial charge is 0.495 e. The number of nitrogens with one attached hydrogen (secondary N) is 2. The van der Waals surface area contributed by atoms with Crippen molar-refractivity contribution in [2.75, 3.05) is 17.7 Å². The molecule has 2 N–H and O–H groups in total. The fourth-order valence-electron chi connectivity index (χ4n) is 2.91. The summed E-state index contributed by atoms with van der Waals surface area (Å²) in [6.45, 7) is 0. The highest BCUT2D eigenvalue weighted by molar-refractivity contribution is 6.06. The van der Waals surface area contributed by atoms with Gasteiger partial charge in [-0.25, -0.2) is 9.67 Å². The van der Waals surface area contributed by atoms with Gasteiger partial charge in [-0.2, -0.15) is 5.10 Å². The van der Waals surface area contributed by atoms with Crippen LogP contribution in [0.5, 0.6) is 5.75 Å². The molecule has 8 heteroatoms.